The third-order valence-electron chi connectivity index (χ3n) is 2.88. The van der Waals surface area contributed by atoms with Crippen molar-refractivity contribution >= 4 is 17.7 Å². The molecule has 0 fully saturated rings. The number of esters is 1. The van der Waals surface area contributed by atoms with Crippen LogP contribution in [0.2, 0.25) is 0 Å². The number of nitrogens with zero attached hydrogens (tertiary/aromatic N) is 2. The highest BCUT2D eigenvalue weighted by molar-refractivity contribution is 5.92. The number of aromatic nitrogens is 2. The number of nitrogens with two attached hydrogens (primary N) is 1. The minimum absolute atomic E-state index is 0.0497. The topological polar surface area (TPSA) is 99.2 Å². The van der Waals surface area contributed by atoms with Gasteiger partial charge in [0.15, 0.2) is 5.69 Å². The third-order valence-corrected chi connectivity index (χ3v) is 2.88. The van der Waals surface area contributed by atoms with Gasteiger partial charge < -0.3 is 20.4 Å². The van der Waals surface area contributed by atoms with Crippen LogP contribution in [0.25, 0.3) is 0 Å². The van der Waals surface area contributed by atoms with E-state index in [1.54, 1.807) is 11.5 Å². The monoisotopic (exact) mass is 296 g/mol. The number of rotatable bonds is 7. The number of anilines is 1. The molecule has 118 valence electrons. The Morgan fingerprint density at radius 1 is 1.38 bits per heavy atom. The lowest BCUT2D eigenvalue weighted by atomic mass is 10.2. The van der Waals surface area contributed by atoms with E-state index >= 15 is 0 Å². The van der Waals surface area contributed by atoms with Crippen LogP contribution in [0.3, 0.4) is 0 Å². The maximum absolute atomic E-state index is 11.9. The van der Waals surface area contributed by atoms with Crippen LogP contribution in [0, 0.1) is 5.92 Å². The predicted molar refractivity (Wildman–Crippen MR) is 79.8 cm³/mol. The number of carbonyl (C=O) groups excluding carboxylic acids is 2. The first-order chi connectivity index (χ1) is 9.90. The summed E-state index contributed by atoms with van der Waals surface area (Å²) in [5, 5.41) is 2.81. The van der Waals surface area contributed by atoms with E-state index < -0.39 is 5.97 Å². The first-order valence-corrected chi connectivity index (χ1v) is 7.19. The molecule has 1 heterocycles. The predicted octanol–water partition coefficient (Wildman–Crippen LogP) is 0.977. The van der Waals surface area contributed by atoms with Crippen LogP contribution < -0.4 is 11.1 Å². The number of nitrogen functional groups attached to an aromatic ring is 1. The molecule has 3 N–H and O–H groups in total. The van der Waals surface area contributed by atoms with E-state index in [0.717, 1.165) is 0 Å². The van der Waals surface area contributed by atoms with Crippen molar-refractivity contribution in [3.05, 3.63) is 11.5 Å². The Morgan fingerprint density at radius 2 is 2.05 bits per heavy atom. The van der Waals surface area contributed by atoms with Gasteiger partial charge in [-0.15, -0.1) is 0 Å². The molecule has 1 rings (SSSR count). The average Bonchev–Trinajstić information content (AvgIpc) is 2.74. The van der Waals surface area contributed by atoms with Gasteiger partial charge in [0.05, 0.1) is 6.61 Å². The molecule has 1 aromatic heterocycles. The summed E-state index contributed by atoms with van der Waals surface area (Å²) in [6, 6.07) is 0. The Balaban J connectivity index is 2.91. The molecule has 0 aromatic carbocycles. The van der Waals surface area contributed by atoms with Crippen molar-refractivity contribution in [1.82, 2.24) is 14.9 Å². The maximum atomic E-state index is 11.9. The summed E-state index contributed by atoms with van der Waals surface area (Å²) >= 11 is 0. The Labute approximate surface area is 124 Å². The van der Waals surface area contributed by atoms with E-state index in [1.807, 2.05) is 20.8 Å². The Hall–Kier alpha value is -2.05. The van der Waals surface area contributed by atoms with Crippen LogP contribution in [0.1, 0.15) is 44.0 Å². The van der Waals surface area contributed by atoms with E-state index in [9.17, 15) is 9.59 Å². The van der Waals surface area contributed by atoms with Gasteiger partial charge in [-0.2, -0.15) is 0 Å². The number of aryl methyl sites for hydroxylation is 1. The summed E-state index contributed by atoms with van der Waals surface area (Å²) in [5.41, 5.74) is 6.01. The normalized spacial score (nSPS) is 10.7. The van der Waals surface area contributed by atoms with Gasteiger partial charge in [-0.3, -0.25) is 4.79 Å². The smallest absolute Gasteiger partial charge is 0.360 e. The zero-order chi connectivity index (χ0) is 16.0. The summed E-state index contributed by atoms with van der Waals surface area (Å²) in [4.78, 5) is 27.9. The number of hydrogen-bond donors (Lipinski definition) is 2. The van der Waals surface area contributed by atoms with Crippen molar-refractivity contribution in [3.63, 3.8) is 0 Å². The minimum Gasteiger partial charge on any atom is -0.461 e. The van der Waals surface area contributed by atoms with Gasteiger partial charge in [0.25, 0.3) is 0 Å². The van der Waals surface area contributed by atoms with Gasteiger partial charge in [0.1, 0.15) is 18.2 Å². The first kappa shape index (κ1) is 17.0. The van der Waals surface area contributed by atoms with Crippen molar-refractivity contribution < 1.29 is 14.3 Å². The van der Waals surface area contributed by atoms with Crippen LogP contribution in [0.5, 0.6) is 0 Å². The molecule has 21 heavy (non-hydrogen) atoms. The second kappa shape index (κ2) is 7.66. The molecular weight excluding hydrogens is 272 g/mol. The summed E-state index contributed by atoms with van der Waals surface area (Å²) < 4.78 is 6.47. The molecule has 0 unspecified atom stereocenters. The molecule has 0 radical (unpaired) electrons. The summed E-state index contributed by atoms with van der Waals surface area (Å²) in [5.74, 6) is 0.416. The second-order valence-corrected chi connectivity index (χ2v) is 5.12. The fourth-order valence-electron chi connectivity index (χ4n) is 1.83. The molecule has 0 saturated heterocycles. The van der Waals surface area contributed by atoms with E-state index in [1.165, 1.54) is 0 Å². The van der Waals surface area contributed by atoms with Crippen molar-refractivity contribution in [2.24, 2.45) is 5.92 Å². The number of carbonyl (C=O) groups is 2. The molecule has 1 aromatic rings. The zero-order valence-electron chi connectivity index (χ0n) is 13.1. The van der Waals surface area contributed by atoms with Crippen molar-refractivity contribution in [2.45, 2.75) is 40.7 Å². The van der Waals surface area contributed by atoms with Crippen LogP contribution >= 0.6 is 0 Å². The molecule has 0 aliphatic rings. The Bertz CT molecular complexity index is 509. The first-order valence-electron chi connectivity index (χ1n) is 7.19. The lowest BCUT2D eigenvalue weighted by molar-refractivity contribution is -0.121. The molecule has 0 bridgehead atoms. The molecule has 0 saturated carbocycles. The minimum atomic E-state index is -0.564. The molecule has 7 heteroatoms. The SMILES string of the molecule is CCOC(=O)c1nc(CC)n(CC(=O)NCC(C)C)c1N. The van der Waals surface area contributed by atoms with Crippen LogP contribution in [-0.4, -0.2) is 34.6 Å². The maximum Gasteiger partial charge on any atom is 0.360 e. The van der Waals surface area contributed by atoms with Crippen LogP contribution in [0.15, 0.2) is 0 Å². The number of imidazole rings is 1. The standard InChI is InChI=1S/C14H24N4O3/c1-5-10-17-12(14(20)21-6-2)13(15)18(10)8-11(19)16-7-9(3)4/h9H,5-8,15H2,1-4H3,(H,16,19). The highest BCUT2D eigenvalue weighted by Gasteiger charge is 2.21. The lowest BCUT2D eigenvalue weighted by Crippen LogP contribution is -2.31. The Kier molecular flexibility index (Phi) is 6.20. The van der Waals surface area contributed by atoms with Crippen molar-refractivity contribution in [1.29, 1.82) is 0 Å². The molecule has 0 aliphatic carbocycles. The van der Waals surface area contributed by atoms with Gasteiger partial charge in [-0.25, -0.2) is 9.78 Å². The highest BCUT2D eigenvalue weighted by atomic mass is 16.5. The fourth-order valence-corrected chi connectivity index (χ4v) is 1.83. The van der Waals surface area contributed by atoms with Gasteiger partial charge in [-0.05, 0) is 12.8 Å². The molecule has 0 atom stereocenters. The van der Waals surface area contributed by atoms with E-state index in [4.69, 9.17) is 10.5 Å². The summed E-state index contributed by atoms with van der Waals surface area (Å²) in [6.07, 6.45) is 0.571. The molecular formula is C14H24N4O3. The van der Waals surface area contributed by atoms with Gasteiger partial charge in [0, 0.05) is 13.0 Å². The highest BCUT2D eigenvalue weighted by Crippen LogP contribution is 2.16. The summed E-state index contributed by atoms with van der Waals surface area (Å²) in [6.45, 7) is 8.53. The number of ether oxygens (including phenoxy) is 1. The quantitative estimate of drug-likeness (QED) is 0.731. The van der Waals surface area contributed by atoms with Crippen LogP contribution in [0.4, 0.5) is 5.82 Å². The van der Waals surface area contributed by atoms with Crippen molar-refractivity contribution in [2.75, 3.05) is 18.9 Å². The van der Waals surface area contributed by atoms with Gasteiger partial charge in [-0.1, -0.05) is 20.8 Å². The average molecular weight is 296 g/mol. The van der Waals surface area contributed by atoms with E-state index in [-0.39, 0.29) is 30.6 Å². The molecule has 7 nitrogen and oxygen atoms in total. The number of nitrogens with one attached hydrogen (secondary N) is 1. The van der Waals surface area contributed by atoms with E-state index in [2.05, 4.69) is 10.3 Å². The van der Waals surface area contributed by atoms with Gasteiger partial charge >= 0.3 is 5.97 Å². The number of hydrogen-bond acceptors (Lipinski definition) is 5. The van der Waals surface area contributed by atoms with E-state index in [0.29, 0.717) is 24.7 Å². The molecule has 1 amide bonds. The van der Waals surface area contributed by atoms with Crippen LogP contribution in [-0.2, 0) is 22.5 Å². The Morgan fingerprint density at radius 3 is 2.57 bits per heavy atom. The molecule has 0 spiro atoms. The summed E-state index contributed by atoms with van der Waals surface area (Å²) in [7, 11) is 0. The zero-order valence-corrected chi connectivity index (χ0v) is 13.1. The van der Waals surface area contributed by atoms with Crippen molar-refractivity contribution in [3.8, 4) is 0 Å². The second-order valence-electron chi connectivity index (χ2n) is 5.12. The lowest BCUT2D eigenvalue weighted by Gasteiger charge is -2.11. The largest absolute Gasteiger partial charge is 0.461 e. The number of amides is 1. The molecule has 0 aliphatic heterocycles. The van der Waals surface area contributed by atoms with Gasteiger partial charge in [0.2, 0.25) is 5.91 Å². The third kappa shape index (κ3) is 4.47. The fraction of sp³-hybridized carbons (Fsp3) is 0.643.